The number of ether oxygens (including phenoxy) is 3. The van der Waals surface area contributed by atoms with E-state index in [0.29, 0.717) is 6.61 Å². The highest BCUT2D eigenvalue weighted by Crippen LogP contribution is 2.28. The van der Waals surface area contributed by atoms with Crippen molar-refractivity contribution >= 4 is 11.8 Å². The first-order chi connectivity index (χ1) is 15.1. The molecule has 1 fully saturated rings. The van der Waals surface area contributed by atoms with E-state index in [9.17, 15) is 0 Å². The molecule has 1 atom stereocenters. The van der Waals surface area contributed by atoms with Gasteiger partial charge in [-0.3, -0.25) is 4.57 Å². The summed E-state index contributed by atoms with van der Waals surface area (Å²) in [5.41, 5.74) is 3.37. The van der Waals surface area contributed by atoms with Crippen LogP contribution in [0.5, 0.6) is 11.5 Å². The predicted molar refractivity (Wildman–Crippen MR) is 123 cm³/mol. The van der Waals surface area contributed by atoms with Crippen molar-refractivity contribution in [3.63, 3.8) is 0 Å². The van der Waals surface area contributed by atoms with Crippen LogP contribution in [0, 0.1) is 13.8 Å². The highest BCUT2D eigenvalue weighted by molar-refractivity contribution is 7.99. The Bertz CT molecular complexity index is 998. The van der Waals surface area contributed by atoms with E-state index in [-0.39, 0.29) is 6.10 Å². The predicted octanol–water partition coefficient (Wildman–Crippen LogP) is 4.92. The topological polar surface area (TPSA) is 58.4 Å². The average Bonchev–Trinajstić information content (AvgIpc) is 3.44. The summed E-state index contributed by atoms with van der Waals surface area (Å²) in [7, 11) is 1.67. The summed E-state index contributed by atoms with van der Waals surface area (Å²) in [4.78, 5) is 0. The Hall–Kier alpha value is -2.51. The number of hydrogen-bond donors (Lipinski definition) is 0. The van der Waals surface area contributed by atoms with Crippen molar-refractivity contribution in [1.29, 1.82) is 0 Å². The quantitative estimate of drug-likeness (QED) is 0.348. The number of nitrogens with zero attached hydrogens (tertiary/aromatic N) is 3. The van der Waals surface area contributed by atoms with Crippen LogP contribution < -0.4 is 9.47 Å². The van der Waals surface area contributed by atoms with E-state index in [1.807, 2.05) is 24.3 Å². The number of hydrogen-bond acceptors (Lipinski definition) is 6. The summed E-state index contributed by atoms with van der Waals surface area (Å²) in [5, 5.41) is 9.88. The molecule has 1 aromatic heterocycles. The van der Waals surface area contributed by atoms with Gasteiger partial charge in [-0.1, -0.05) is 23.9 Å². The van der Waals surface area contributed by atoms with E-state index in [1.165, 1.54) is 5.56 Å². The van der Waals surface area contributed by atoms with Crippen LogP contribution in [0.3, 0.4) is 0 Å². The SMILES string of the molecule is COc1ccc(-c2nnc(SCCOc3cc(C)ccc3C)n2CC2CCCO2)cc1. The van der Waals surface area contributed by atoms with Gasteiger partial charge in [-0.2, -0.15) is 0 Å². The van der Waals surface area contributed by atoms with Gasteiger partial charge < -0.3 is 14.2 Å². The van der Waals surface area contributed by atoms with Gasteiger partial charge in [0, 0.05) is 17.9 Å². The Morgan fingerprint density at radius 2 is 1.97 bits per heavy atom. The molecule has 0 aliphatic carbocycles. The fourth-order valence-corrected chi connectivity index (χ4v) is 4.42. The zero-order chi connectivity index (χ0) is 21.6. The van der Waals surface area contributed by atoms with Crippen molar-refractivity contribution < 1.29 is 14.2 Å². The van der Waals surface area contributed by atoms with Crippen LogP contribution in [0.25, 0.3) is 11.4 Å². The van der Waals surface area contributed by atoms with Gasteiger partial charge in [0.2, 0.25) is 0 Å². The van der Waals surface area contributed by atoms with Gasteiger partial charge in [0.25, 0.3) is 0 Å². The molecule has 0 bridgehead atoms. The first-order valence-electron chi connectivity index (χ1n) is 10.7. The Balaban J connectivity index is 1.46. The second-order valence-corrected chi connectivity index (χ2v) is 8.81. The molecule has 0 saturated carbocycles. The smallest absolute Gasteiger partial charge is 0.191 e. The molecule has 6 nitrogen and oxygen atoms in total. The number of rotatable bonds is 9. The van der Waals surface area contributed by atoms with Crippen molar-refractivity contribution in [3.05, 3.63) is 53.6 Å². The van der Waals surface area contributed by atoms with Crippen LogP contribution in [-0.4, -0.2) is 46.9 Å². The van der Waals surface area contributed by atoms with E-state index in [0.717, 1.165) is 65.4 Å². The van der Waals surface area contributed by atoms with Gasteiger partial charge in [-0.05, 0) is 68.1 Å². The zero-order valence-corrected chi connectivity index (χ0v) is 19.2. The molecular formula is C24H29N3O3S. The molecule has 1 saturated heterocycles. The minimum absolute atomic E-state index is 0.207. The fraction of sp³-hybridized carbons (Fsp3) is 0.417. The van der Waals surface area contributed by atoms with E-state index in [4.69, 9.17) is 14.2 Å². The van der Waals surface area contributed by atoms with Gasteiger partial charge >= 0.3 is 0 Å². The van der Waals surface area contributed by atoms with Gasteiger partial charge in [0.05, 0.1) is 26.4 Å². The van der Waals surface area contributed by atoms with E-state index >= 15 is 0 Å². The van der Waals surface area contributed by atoms with Crippen LogP contribution in [0.15, 0.2) is 47.6 Å². The summed E-state index contributed by atoms with van der Waals surface area (Å²) in [6, 6.07) is 14.2. The van der Waals surface area contributed by atoms with Crippen LogP contribution in [0.4, 0.5) is 0 Å². The lowest BCUT2D eigenvalue weighted by Gasteiger charge is -2.15. The second kappa shape index (κ2) is 10.2. The summed E-state index contributed by atoms with van der Waals surface area (Å²) in [6.07, 6.45) is 2.38. The monoisotopic (exact) mass is 439 g/mol. The second-order valence-electron chi connectivity index (χ2n) is 7.75. The maximum atomic E-state index is 6.01. The Labute approximate surface area is 187 Å². The number of aromatic nitrogens is 3. The Morgan fingerprint density at radius 1 is 1.13 bits per heavy atom. The molecule has 164 valence electrons. The normalized spacial score (nSPS) is 15.9. The van der Waals surface area contributed by atoms with Gasteiger partial charge in [-0.25, -0.2) is 0 Å². The molecule has 1 unspecified atom stereocenters. The van der Waals surface area contributed by atoms with Crippen LogP contribution in [0.1, 0.15) is 24.0 Å². The Morgan fingerprint density at radius 3 is 2.71 bits per heavy atom. The highest BCUT2D eigenvalue weighted by atomic mass is 32.2. The van der Waals surface area contributed by atoms with Crippen molar-refractivity contribution in [2.45, 2.75) is 44.5 Å². The van der Waals surface area contributed by atoms with Gasteiger partial charge in [-0.15, -0.1) is 10.2 Å². The molecular weight excluding hydrogens is 410 g/mol. The standard InChI is InChI=1S/C24H29N3O3S/c1-17-6-7-18(2)22(15-17)30-13-14-31-24-26-25-23(19-8-10-20(28-3)11-9-19)27(24)16-21-5-4-12-29-21/h6-11,15,21H,4-5,12-14,16H2,1-3H3. The van der Waals surface area contributed by atoms with E-state index in [2.05, 4.69) is 46.8 Å². The first-order valence-corrected chi connectivity index (χ1v) is 11.6. The molecule has 1 aliphatic rings. The lowest BCUT2D eigenvalue weighted by atomic mass is 10.1. The fourth-order valence-electron chi connectivity index (χ4n) is 3.65. The summed E-state index contributed by atoms with van der Waals surface area (Å²) < 4.78 is 19.4. The maximum Gasteiger partial charge on any atom is 0.191 e. The first kappa shape index (κ1) is 21.7. The van der Waals surface area contributed by atoms with Crippen molar-refractivity contribution in [3.8, 4) is 22.9 Å². The largest absolute Gasteiger partial charge is 0.497 e. The maximum absolute atomic E-state index is 6.01. The van der Waals surface area contributed by atoms with Crippen LogP contribution in [-0.2, 0) is 11.3 Å². The Kier molecular flexibility index (Phi) is 7.14. The molecule has 0 spiro atoms. The third-order valence-electron chi connectivity index (χ3n) is 5.39. The van der Waals surface area contributed by atoms with Gasteiger partial charge in [0.15, 0.2) is 11.0 Å². The number of thioether (sulfide) groups is 1. The van der Waals surface area contributed by atoms with Gasteiger partial charge in [0.1, 0.15) is 11.5 Å². The van der Waals surface area contributed by atoms with Crippen molar-refractivity contribution in [2.75, 3.05) is 26.1 Å². The third kappa shape index (κ3) is 5.40. The molecule has 0 N–H and O–H groups in total. The van der Waals surface area contributed by atoms with Crippen LogP contribution >= 0.6 is 11.8 Å². The lowest BCUT2D eigenvalue weighted by molar-refractivity contribution is 0.0953. The van der Waals surface area contributed by atoms with Crippen molar-refractivity contribution in [1.82, 2.24) is 14.8 Å². The number of methoxy groups -OCH3 is 1. The minimum Gasteiger partial charge on any atom is -0.497 e. The molecule has 2 aromatic carbocycles. The molecule has 0 radical (unpaired) electrons. The molecule has 4 rings (SSSR count). The zero-order valence-electron chi connectivity index (χ0n) is 18.3. The van der Waals surface area contributed by atoms with E-state index < -0.39 is 0 Å². The van der Waals surface area contributed by atoms with Crippen molar-refractivity contribution in [2.24, 2.45) is 0 Å². The summed E-state index contributed by atoms with van der Waals surface area (Å²) in [6.45, 7) is 6.35. The summed E-state index contributed by atoms with van der Waals surface area (Å²) in [5.74, 6) is 3.42. The lowest BCUT2D eigenvalue weighted by Crippen LogP contribution is -2.17. The van der Waals surface area contributed by atoms with Crippen LogP contribution in [0.2, 0.25) is 0 Å². The minimum atomic E-state index is 0.207. The third-order valence-corrected chi connectivity index (χ3v) is 6.32. The number of benzene rings is 2. The molecule has 3 aromatic rings. The number of aryl methyl sites for hydroxylation is 2. The molecule has 2 heterocycles. The summed E-state index contributed by atoms with van der Waals surface area (Å²) >= 11 is 1.67. The van der Waals surface area contributed by atoms with E-state index in [1.54, 1.807) is 18.9 Å². The average molecular weight is 440 g/mol. The molecule has 7 heteroatoms. The molecule has 31 heavy (non-hydrogen) atoms. The highest BCUT2D eigenvalue weighted by Gasteiger charge is 2.22. The molecule has 0 amide bonds. The molecule has 1 aliphatic heterocycles.